The molecule has 70 valence electrons. The Hall–Kier alpha value is -0.980. The van der Waals surface area contributed by atoms with E-state index in [9.17, 15) is 0 Å². The largest absolute Gasteiger partial charge is 0.381 e. The van der Waals surface area contributed by atoms with E-state index in [1.165, 1.54) is 0 Å². The number of aromatic nitrogens is 2. The van der Waals surface area contributed by atoms with Crippen molar-refractivity contribution in [1.82, 2.24) is 9.78 Å². The number of aliphatic hydroxyl groups is 1. The molecule has 0 aromatic carbocycles. The van der Waals surface area contributed by atoms with E-state index in [4.69, 9.17) is 16.7 Å². The van der Waals surface area contributed by atoms with Crippen molar-refractivity contribution in [2.45, 2.75) is 20.0 Å². The fourth-order valence-corrected chi connectivity index (χ4v) is 1.15. The maximum atomic E-state index is 8.96. The summed E-state index contributed by atoms with van der Waals surface area (Å²) in [5.74, 6) is 5.39. The van der Waals surface area contributed by atoms with E-state index in [-0.39, 0.29) is 0 Å². The molecule has 0 amide bonds. The van der Waals surface area contributed by atoms with E-state index in [1.54, 1.807) is 18.7 Å². The third kappa shape index (κ3) is 2.24. The van der Waals surface area contributed by atoms with Crippen molar-refractivity contribution in [3.05, 3.63) is 16.4 Å². The molecule has 3 nitrogen and oxygen atoms in total. The number of halogens is 1. The highest BCUT2D eigenvalue weighted by atomic mass is 35.5. The predicted molar refractivity (Wildman–Crippen MR) is 51.5 cm³/mol. The molecule has 13 heavy (non-hydrogen) atoms. The van der Waals surface area contributed by atoms with E-state index in [2.05, 4.69) is 16.9 Å². The highest BCUT2D eigenvalue weighted by Gasteiger charge is 2.07. The maximum absolute atomic E-state index is 8.96. The lowest BCUT2D eigenvalue weighted by molar-refractivity contribution is 0.253. The summed E-state index contributed by atoms with van der Waals surface area (Å²) in [6, 6.07) is 0. The van der Waals surface area contributed by atoms with Crippen molar-refractivity contribution >= 4 is 11.6 Å². The Morgan fingerprint density at radius 1 is 1.62 bits per heavy atom. The normalized spacial score (nSPS) is 12.1. The lowest BCUT2D eigenvalue weighted by atomic mass is 10.3. The molecule has 0 fully saturated rings. The van der Waals surface area contributed by atoms with Crippen LogP contribution in [0.25, 0.3) is 0 Å². The van der Waals surface area contributed by atoms with Gasteiger partial charge in [-0.25, -0.2) is 0 Å². The number of aryl methyl sites for hydroxylation is 2. The van der Waals surface area contributed by atoms with Crippen LogP contribution in [-0.2, 0) is 7.05 Å². The predicted octanol–water partition coefficient (Wildman–Crippen LogP) is 1.11. The number of nitrogens with zero attached hydrogens (tertiary/aromatic N) is 2. The highest BCUT2D eigenvalue weighted by Crippen LogP contribution is 2.17. The Morgan fingerprint density at radius 3 is 2.62 bits per heavy atom. The van der Waals surface area contributed by atoms with Crippen molar-refractivity contribution < 1.29 is 5.11 Å². The second-order valence-electron chi connectivity index (χ2n) is 2.82. The average Bonchev–Trinajstić information content (AvgIpc) is 2.24. The van der Waals surface area contributed by atoms with Crippen LogP contribution in [0.3, 0.4) is 0 Å². The third-order valence-corrected chi connectivity index (χ3v) is 2.00. The Labute approximate surface area is 82.3 Å². The first-order valence-corrected chi connectivity index (χ1v) is 4.29. The van der Waals surface area contributed by atoms with Gasteiger partial charge in [0.1, 0.15) is 11.8 Å². The molecule has 1 aromatic heterocycles. The molecule has 0 aliphatic heterocycles. The van der Waals surface area contributed by atoms with Crippen LogP contribution >= 0.6 is 11.6 Å². The van der Waals surface area contributed by atoms with Gasteiger partial charge in [-0.2, -0.15) is 5.10 Å². The van der Waals surface area contributed by atoms with E-state index in [0.29, 0.717) is 10.7 Å². The van der Waals surface area contributed by atoms with Crippen LogP contribution in [0.2, 0.25) is 5.02 Å². The molecule has 1 aromatic rings. The van der Waals surface area contributed by atoms with Crippen LogP contribution in [0.1, 0.15) is 18.3 Å². The summed E-state index contributed by atoms with van der Waals surface area (Å²) in [5.41, 5.74) is 1.39. The molecule has 0 radical (unpaired) electrons. The van der Waals surface area contributed by atoms with Gasteiger partial charge in [0.25, 0.3) is 0 Å². The van der Waals surface area contributed by atoms with Gasteiger partial charge >= 0.3 is 0 Å². The van der Waals surface area contributed by atoms with Crippen LogP contribution in [0, 0.1) is 18.8 Å². The van der Waals surface area contributed by atoms with Crippen LogP contribution < -0.4 is 0 Å². The summed E-state index contributed by atoms with van der Waals surface area (Å²) in [5, 5.41) is 13.6. The minimum atomic E-state index is -0.647. The summed E-state index contributed by atoms with van der Waals surface area (Å²) < 4.78 is 1.60. The minimum absolute atomic E-state index is 0.552. The van der Waals surface area contributed by atoms with Crippen LogP contribution in [0.5, 0.6) is 0 Å². The van der Waals surface area contributed by atoms with Crippen molar-refractivity contribution in [2.75, 3.05) is 0 Å². The Balaban J connectivity index is 3.10. The van der Waals surface area contributed by atoms with Gasteiger partial charge in [0.15, 0.2) is 0 Å². The van der Waals surface area contributed by atoms with Crippen LogP contribution in [0.15, 0.2) is 0 Å². The molecule has 4 heteroatoms. The van der Waals surface area contributed by atoms with Gasteiger partial charge in [-0.15, -0.1) is 0 Å². The highest BCUT2D eigenvalue weighted by molar-refractivity contribution is 6.32. The summed E-state index contributed by atoms with van der Waals surface area (Å²) in [7, 11) is 1.77. The Morgan fingerprint density at radius 2 is 2.23 bits per heavy atom. The maximum Gasteiger partial charge on any atom is 0.129 e. The first-order valence-electron chi connectivity index (χ1n) is 3.91. The van der Waals surface area contributed by atoms with Gasteiger partial charge in [0.05, 0.1) is 10.7 Å². The summed E-state index contributed by atoms with van der Waals surface area (Å²) in [6.45, 7) is 3.42. The summed E-state index contributed by atoms with van der Waals surface area (Å²) in [6.07, 6.45) is -0.647. The standard InChI is InChI=1S/C9H11ClN2O/c1-6(13)4-5-8-9(10)7(2)11-12(8)3/h6,13H,1-3H3. The monoisotopic (exact) mass is 198 g/mol. The van der Waals surface area contributed by atoms with Gasteiger partial charge in [-0.3, -0.25) is 4.68 Å². The zero-order valence-corrected chi connectivity index (χ0v) is 8.55. The van der Waals surface area contributed by atoms with E-state index in [0.717, 1.165) is 5.69 Å². The van der Waals surface area contributed by atoms with E-state index < -0.39 is 6.10 Å². The van der Waals surface area contributed by atoms with Crippen molar-refractivity contribution in [1.29, 1.82) is 0 Å². The molecule has 1 atom stereocenters. The first-order chi connectivity index (χ1) is 6.02. The molecular formula is C9H11ClN2O. The topological polar surface area (TPSA) is 38.0 Å². The first kappa shape index (κ1) is 10.1. The summed E-state index contributed by atoms with van der Waals surface area (Å²) in [4.78, 5) is 0. The molecule has 1 rings (SSSR count). The zero-order chi connectivity index (χ0) is 10.0. The summed E-state index contributed by atoms with van der Waals surface area (Å²) >= 11 is 5.93. The smallest absolute Gasteiger partial charge is 0.129 e. The van der Waals surface area contributed by atoms with Crippen LogP contribution in [0.4, 0.5) is 0 Å². The van der Waals surface area contributed by atoms with Crippen molar-refractivity contribution in [2.24, 2.45) is 7.05 Å². The van der Waals surface area contributed by atoms with Gasteiger partial charge in [0.2, 0.25) is 0 Å². The molecule has 0 spiro atoms. The SMILES string of the molecule is Cc1nn(C)c(C#CC(C)O)c1Cl. The average molecular weight is 199 g/mol. The van der Waals surface area contributed by atoms with E-state index >= 15 is 0 Å². The number of hydrogen-bond acceptors (Lipinski definition) is 2. The fourth-order valence-electron chi connectivity index (χ4n) is 0.941. The van der Waals surface area contributed by atoms with Gasteiger partial charge < -0.3 is 5.11 Å². The Bertz CT molecular complexity index is 371. The lowest BCUT2D eigenvalue weighted by Gasteiger charge is -1.92. The fraction of sp³-hybridized carbons (Fsp3) is 0.444. The number of hydrogen-bond donors (Lipinski definition) is 1. The number of rotatable bonds is 0. The molecule has 0 saturated heterocycles. The van der Waals surface area contributed by atoms with Crippen LogP contribution in [-0.4, -0.2) is 21.0 Å². The molecular weight excluding hydrogens is 188 g/mol. The molecule has 1 unspecified atom stereocenters. The van der Waals surface area contributed by atoms with Gasteiger partial charge in [-0.1, -0.05) is 17.5 Å². The second kappa shape index (κ2) is 3.82. The lowest BCUT2D eigenvalue weighted by Crippen LogP contribution is -1.97. The minimum Gasteiger partial charge on any atom is -0.381 e. The molecule has 0 aliphatic rings. The molecule has 0 saturated carbocycles. The quantitative estimate of drug-likeness (QED) is 0.635. The second-order valence-corrected chi connectivity index (χ2v) is 3.19. The number of aliphatic hydroxyl groups excluding tert-OH is 1. The van der Waals surface area contributed by atoms with Gasteiger partial charge in [-0.05, 0) is 19.8 Å². The molecule has 0 bridgehead atoms. The van der Waals surface area contributed by atoms with Crippen molar-refractivity contribution in [3.8, 4) is 11.8 Å². The third-order valence-electron chi connectivity index (χ3n) is 1.55. The molecule has 0 aliphatic carbocycles. The van der Waals surface area contributed by atoms with E-state index in [1.807, 2.05) is 6.92 Å². The Kier molecular flexibility index (Phi) is 2.97. The van der Waals surface area contributed by atoms with Gasteiger partial charge in [0, 0.05) is 7.05 Å². The molecule has 1 N–H and O–H groups in total. The van der Waals surface area contributed by atoms with Crippen molar-refractivity contribution in [3.63, 3.8) is 0 Å². The molecule has 1 heterocycles. The zero-order valence-electron chi connectivity index (χ0n) is 7.80.